The summed E-state index contributed by atoms with van der Waals surface area (Å²) in [6, 6.07) is 5.75. The number of alkyl halides is 3. The number of hydrogen-bond donors (Lipinski definition) is 1. The summed E-state index contributed by atoms with van der Waals surface area (Å²) in [4.78, 5) is 8.18. The summed E-state index contributed by atoms with van der Waals surface area (Å²) < 4.78 is 39.1. The van der Waals surface area contributed by atoms with Gasteiger partial charge in [-0.3, -0.25) is 4.98 Å². The van der Waals surface area contributed by atoms with E-state index in [2.05, 4.69) is 15.3 Å². The average molecular weight is 313 g/mol. The maximum Gasteiger partial charge on any atom is 0.434 e. The molecule has 1 saturated carbocycles. The van der Waals surface area contributed by atoms with E-state index in [1.807, 2.05) is 6.07 Å². The molecule has 0 atom stereocenters. The van der Waals surface area contributed by atoms with Crippen molar-refractivity contribution < 1.29 is 13.2 Å². The molecular weight excluding hydrogens is 299 g/mol. The molecule has 1 aliphatic rings. The van der Waals surface area contributed by atoms with Gasteiger partial charge in [-0.2, -0.15) is 13.2 Å². The van der Waals surface area contributed by atoms with Crippen molar-refractivity contribution in [2.75, 3.05) is 0 Å². The zero-order chi connectivity index (χ0) is 14.9. The number of hydrogen-bond acceptors (Lipinski definition) is 4. The van der Waals surface area contributed by atoms with Crippen LogP contribution in [0.1, 0.15) is 34.1 Å². The van der Waals surface area contributed by atoms with Gasteiger partial charge in [-0.05, 0) is 25.0 Å². The monoisotopic (exact) mass is 313 g/mol. The lowest BCUT2D eigenvalue weighted by atomic mass is 10.3. The second-order valence-corrected chi connectivity index (χ2v) is 6.20. The van der Waals surface area contributed by atoms with E-state index in [9.17, 15) is 13.2 Å². The molecule has 2 heterocycles. The van der Waals surface area contributed by atoms with Crippen molar-refractivity contribution in [2.24, 2.45) is 0 Å². The second-order valence-electron chi connectivity index (χ2n) is 5.03. The van der Waals surface area contributed by atoms with Gasteiger partial charge in [0.2, 0.25) is 0 Å². The summed E-state index contributed by atoms with van der Waals surface area (Å²) in [6.07, 6.45) is -0.359. The van der Waals surface area contributed by atoms with Crippen LogP contribution in [-0.4, -0.2) is 16.0 Å². The molecule has 0 saturated heterocycles. The van der Waals surface area contributed by atoms with Crippen LogP contribution < -0.4 is 5.32 Å². The minimum atomic E-state index is -4.40. The highest BCUT2D eigenvalue weighted by atomic mass is 32.1. The van der Waals surface area contributed by atoms with Gasteiger partial charge in [0.25, 0.3) is 0 Å². The lowest BCUT2D eigenvalue weighted by molar-refractivity contribution is -0.141. The van der Waals surface area contributed by atoms with Crippen LogP contribution in [-0.2, 0) is 19.1 Å². The van der Waals surface area contributed by atoms with Gasteiger partial charge in [0.1, 0.15) is 0 Å². The topological polar surface area (TPSA) is 37.8 Å². The predicted molar refractivity (Wildman–Crippen MR) is 74.0 cm³/mol. The molecule has 2 aromatic rings. The molecule has 0 radical (unpaired) electrons. The summed E-state index contributed by atoms with van der Waals surface area (Å²) in [6.45, 7) is 0.236. The van der Waals surface area contributed by atoms with Crippen LogP contribution in [0.4, 0.5) is 13.2 Å². The average Bonchev–Trinajstić information content (AvgIpc) is 3.17. The largest absolute Gasteiger partial charge is 0.434 e. The molecule has 7 heteroatoms. The van der Waals surface area contributed by atoms with Crippen LogP contribution in [0.5, 0.6) is 0 Å². The highest BCUT2D eigenvalue weighted by molar-refractivity contribution is 7.11. The molecule has 0 amide bonds. The zero-order valence-corrected chi connectivity index (χ0v) is 12.0. The number of aromatic nitrogens is 2. The molecule has 3 rings (SSSR count). The van der Waals surface area contributed by atoms with Gasteiger partial charge in [-0.1, -0.05) is 6.07 Å². The van der Waals surface area contributed by atoms with Crippen molar-refractivity contribution in [3.05, 3.63) is 45.7 Å². The van der Waals surface area contributed by atoms with Crippen LogP contribution in [0.3, 0.4) is 0 Å². The Morgan fingerprint density at radius 1 is 1.29 bits per heavy atom. The Balaban J connectivity index is 1.80. The SMILES string of the molecule is FC(F)(F)c1nc(Cc2ccccn2)sc1CNC1CC1. The Labute approximate surface area is 124 Å². The number of halogens is 3. The molecule has 1 N–H and O–H groups in total. The van der Waals surface area contributed by atoms with Gasteiger partial charge in [0.15, 0.2) is 5.69 Å². The summed E-state index contributed by atoms with van der Waals surface area (Å²) in [5.41, 5.74) is -0.0340. The lowest BCUT2D eigenvalue weighted by Crippen LogP contribution is -2.18. The molecule has 1 fully saturated rings. The van der Waals surface area contributed by atoms with Crippen LogP contribution >= 0.6 is 11.3 Å². The van der Waals surface area contributed by atoms with Crippen LogP contribution in [0.15, 0.2) is 24.4 Å². The first kappa shape index (κ1) is 14.5. The first-order valence-electron chi connectivity index (χ1n) is 6.71. The minimum Gasteiger partial charge on any atom is -0.309 e. The maximum atomic E-state index is 13.0. The number of pyridine rings is 1. The summed E-state index contributed by atoms with van der Waals surface area (Å²) in [5.74, 6) is 0. The molecule has 0 spiro atoms. The standard InChI is InChI=1S/C14H14F3N3S/c15-14(16,17)13-11(8-19-9-4-5-9)21-12(20-13)7-10-3-1-2-6-18-10/h1-3,6,9,19H,4-5,7-8H2. The van der Waals surface area contributed by atoms with Crippen molar-refractivity contribution in [3.63, 3.8) is 0 Å². The highest BCUT2D eigenvalue weighted by Crippen LogP contribution is 2.35. The van der Waals surface area contributed by atoms with Gasteiger partial charge in [-0.25, -0.2) is 4.98 Å². The van der Waals surface area contributed by atoms with E-state index in [0.29, 0.717) is 17.5 Å². The first-order chi connectivity index (χ1) is 10.0. The van der Waals surface area contributed by atoms with Crippen LogP contribution in [0.25, 0.3) is 0 Å². The van der Waals surface area contributed by atoms with Crippen molar-refractivity contribution in [3.8, 4) is 0 Å². The molecule has 112 valence electrons. The molecule has 3 nitrogen and oxygen atoms in total. The fourth-order valence-corrected chi connectivity index (χ4v) is 3.05. The van der Waals surface area contributed by atoms with E-state index in [1.165, 1.54) is 0 Å². The van der Waals surface area contributed by atoms with Gasteiger partial charge < -0.3 is 5.32 Å². The van der Waals surface area contributed by atoms with Crippen molar-refractivity contribution in [1.82, 2.24) is 15.3 Å². The van der Waals surface area contributed by atoms with E-state index in [4.69, 9.17) is 0 Å². The van der Waals surface area contributed by atoms with Crippen molar-refractivity contribution >= 4 is 11.3 Å². The Kier molecular flexibility index (Phi) is 3.95. The molecule has 0 bridgehead atoms. The van der Waals surface area contributed by atoms with Crippen molar-refractivity contribution in [2.45, 2.75) is 38.0 Å². The first-order valence-corrected chi connectivity index (χ1v) is 7.53. The van der Waals surface area contributed by atoms with Crippen molar-refractivity contribution in [1.29, 1.82) is 0 Å². The summed E-state index contributed by atoms with van der Waals surface area (Å²) >= 11 is 1.12. The Bertz CT molecular complexity index is 606. The zero-order valence-electron chi connectivity index (χ0n) is 11.2. The Hall–Kier alpha value is -1.47. The lowest BCUT2D eigenvalue weighted by Gasteiger charge is -2.06. The van der Waals surface area contributed by atoms with E-state index >= 15 is 0 Å². The van der Waals surface area contributed by atoms with Crippen LogP contribution in [0.2, 0.25) is 0 Å². The molecule has 0 aliphatic heterocycles. The van der Waals surface area contributed by atoms with E-state index in [1.54, 1.807) is 18.3 Å². The maximum absolute atomic E-state index is 13.0. The van der Waals surface area contributed by atoms with Crippen LogP contribution in [0, 0.1) is 0 Å². The third kappa shape index (κ3) is 3.79. The minimum absolute atomic E-state index is 0.236. The number of nitrogens with zero attached hydrogens (tertiary/aromatic N) is 2. The van der Waals surface area contributed by atoms with E-state index < -0.39 is 11.9 Å². The molecule has 1 aliphatic carbocycles. The van der Waals surface area contributed by atoms with Gasteiger partial charge in [0, 0.05) is 30.9 Å². The third-order valence-corrected chi connectivity index (χ3v) is 4.25. The number of thiazole rings is 1. The van der Waals surface area contributed by atoms with Gasteiger partial charge >= 0.3 is 6.18 Å². The Morgan fingerprint density at radius 3 is 2.71 bits per heavy atom. The molecular formula is C14H14F3N3S. The smallest absolute Gasteiger partial charge is 0.309 e. The third-order valence-electron chi connectivity index (χ3n) is 3.20. The predicted octanol–water partition coefficient (Wildman–Crippen LogP) is 3.40. The quantitative estimate of drug-likeness (QED) is 0.919. The molecule has 21 heavy (non-hydrogen) atoms. The van der Waals surface area contributed by atoms with E-state index in [0.717, 1.165) is 29.9 Å². The highest BCUT2D eigenvalue weighted by Gasteiger charge is 2.37. The number of rotatable bonds is 5. The van der Waals surface area contributed by atoms with Gasteiger partial charge in [0.05, 0.1) is 9.88 Å². The molecule has 2 aromatic heterocycles. The number of nitrogens with one attached hydrogen (secondary N) is 1. The Morgan fingerprint density at radius 2 is 2.10 bits per heavy atom. The van der Waals surface area contributed by atoms with E-state index in [-0.39, 0.29) is 11.4 Å². The fraction of sp³-hybridized carbons (Fsp3) is 0.429. The summed E-state index contributed by atoms with van der Waals surface area (Å²) in [7, 11) is 0. The molecule has 0 aromatic carbocycles. The fourth-order valence-electron chi connectivity index (χ4n) is 2.00. The normalized spacial score (nSPS) is 15.4. The second kappa shape index (κ2) is 5.73. The van der Waals surface area contributed by atoms with Gasteiger partial charge in [-0.15, -0.1) is 11.3 Å². The molecule has 0 unspecified atom stereocenters. The summed E-state index contributed by atoms with van der Waals surface area (Å²) in [5, 5.41) is 3.57.